The lowest BCUT2D eigenvalue weighted by atomic mass is 10.0. The molecule has 2 aliphatic heterocycles. The van der Waals surface area contributed by atoms with Gasteiger partial charge in [0, 0.05) is 45.3 Å². The normalized spacial score (nSPS) is 16.5. The zero-order chi connectivity index (χ0) is 73.1. The number of benzene rings is 2. The Bertz CT molecular complexity index is 3110. The maximum atomic E-state index is 14.7. The fourth-order valence-electron chi connectivity index (χ4n) is 11.3. The van der Waals surface area contributed by atoms with Gasteiger partial charge in [-0.25, -0.2) is 0 Å². The number of hydrogen-bond acceptors (Lipinski definition) is 18. The van der Waals surface area contributed by atoms with Crippen molar-refractivity contribution in [3.63, 3.8) is 0 Å². The average Bonchev–Trinajstić information content (AvgIpc) is 1.75. The number of nitrogens with two attached hydrogens (primary N) is 6. The van der Waals surface area contributed by atoms with Gasteiger partial charge in [0.25, 0.3) is 0 Å². The molecule has 4 rings (SSSR count). The topological polar surface area (TPSA) is 542 Å². The SMILES string of the molecule is CSCC[C@H](NC(=O)[C@H](CC(C)C)NC(=O)CNC(=O)[C@H](Cc1ccccc1)NC(=O)[C@H](Cc1ccccc1)NC(=O)C(CCC(N)=O)NC(=O)[C@H](CCC(N)=O)NC(=O)[C@@H]1CCCN1C(=O)[C@H](CCCCN)NC(=O)[C@@H]1CCCN1C(=O)[C@@H](N)CCCN=C(N)N)C(=O)NCC(=O)O. The van der Waals surface area contributed by atoms with Crippen molar-refractivity contribution in [2.75, 3.05) is 51.3 Å². The van der Waals surface area contributed by atoms with E-state index in [0.29, 0.717) is 55.4 Å². The number of rotatable bonds is 44. The standard InChI is InChI=1S/C65H100N18O15S/c1-38(2)33-46(59(93)77-44(27-32-99-3)55(89)74-37-54(87)88)75-53(86)36-73-56(90)47(34-39-15-6-4-7-16-39)80-60(94)48(35-40-17-8-5-9-18-40)81-58(92)42(23-25-51(68)84)76-57(91)43(24-26-52(69)85)78-61(95)50-22-14-31-83(50)64(98)45(20-10-11-28-66)79-62(96)49-21-13-30-82(49)63(97)41(67)19-12-29-72-65(70)71/h4-9,15-18,38,41-50H,10-14,19-37,66-67H2,1-3H3,(H2,68,84)(H2,69,85)(H,73,90)(H,74,89)(H,75,86)(H,76,91)(H,77,93)(H,78,95)(H,79,96)(H,80,94)(H,81,92)(H,87,88)(H4,70,71,72)/t41-,42?,43-,44-,45-,46-,47-,48-,49-,50-/m0/s1. The summed E-state index contributed by atoms with van der Waals surface area (Å²) in [6.45, 7) is 3.02. The largest absolute Gasteiger partial charge is 0.480 e. The molecule has 0 bridgehead atoms. The first-order valence-corrected chi connectivity index (χ1v) is 34.7. The van der Waals surface area contributed by atoms with Crippen molar-refractivity contribution in [2.24, 2.45) is 45.3 Å². The molecule has 2 fully saturated rings. The molecule has 2 heterocycles. The van der Waals surface area contributed by atoms with Gasteiger partial charge in [-0.2, -0.15) is 11.8 Å². The van der Waals surface area contributed by atoms with Crippen LogP contribution >= 0.6 is 11.8 Å². The third kappa shape index (κ3) is 29.3. The lowest BCUT2D eigenvalue weighted by Gasteiger charge is -2.32. The van der Waals surface area contributed by atoms with E-state index in [-0.39, 0.29) is 83.0 Å². The Morgan fingerprint density at radius 3 is 1.48 bits per heavy atom. The van der Waals surface area contributed by atoms with Gasteiger partial charge in [0.2, 0.25) is 76.8 Å². The van der Waals surface area contributed by atoms with Crippen molar-refractivity contribution >= 4 is 100 Å². The van der Waals surface area contributed by atoms with Crippen LogP contribution in [0.3, 0.4) is 0 Å². The number of thioether (sulfide) groups is 1. The highest BCUT2D eigenvalue weighted by Crippen LogP contribution is 2.24. The van der Waals surface area contributed by atoms with E-state index in [1.807, 2.05) is 0 Å². The van der Waals surface area contributed by atoms with E-state index >= 15 is 0 Å². The second-order valence-electron chi connectivity index (χ2n) is 24.8. The quantitative estimate of drug-likeness (QED) is 0.0171. The number of likely N-dealkylation sites (tertiary alicyclic amines) is 2. The van der Waals surface area contributed by atoms with Crippen molar-refractivity contribution in [1.82, 2.24) is 57.7 Å². The highest BCUT2D eigenvalue weighted by molar-refractivity contribution is 7.98. The highest BCUT2D eigenvalue weighted by atomic mass is 32.2. The Labute approximate surface area is 579 Å². The molecule has 2 aromatic rings. The summed E-state index contributed by atoms with van der Waals surface area (Å²) in [6.07, 6.45) is 2.71. The maximum absolute atomic E-state index is 14.7. The molecule has 0 radical (unpaired) electrons. The molecule has 2 saturated heterocycles. The molecule has 546 valence electrons. The summed E-state index contributed by atoms with van der Waals surface area (Å²) in [5, 5.41) is 32.4. The molecular formula is C65H100N18O15S. The van der Waals surface area contributed by atoms with Crippen LogP contribution in [0.2, 0.25) is 0 Å². The molecule has 22 N–H and O–H groups in total. The molecule has 2 aromatic carbocycles. The van der Waals surface area contributed by atoms with Crippen LogP contribution in [0.5, 0.6) is 0 Å². The van der Waals surface area contributed by atoms with E-state index in [2.05, 4.69) is 52.8 Å². The van der Waals surface area contributed by atoms with E-state index in [4.69, 9.17) is 39.5 Å². The number of carboxylic acids is 1. The smallest absolute Gasteiger partial charge is 0.322 e. The van der Waals surface area contributed by atoms with Gasteiger partial charge in [-0.1, -0.05) is 74.5 Å². The van der Waals surface area contributed by atoms with Gasteiger partial charge in [-0.3, -0.25) is 72.1 Å². The van der Waals surface area contributed by atoms with Gasteiger partial charge in [0.05, 0.1) is 12.6 Å². The van der Waals surface area contributed by atoms with E-state index in [9.17, 15) is 67.1 Å². The van der Waals surface area contributed by atoms with Crippen molar-refractivity contribution < 1.29 is 72.2 Å². The lowest BCUT2D eigenvalue weighted by molar-refractivity contribution is -0.144. The maximum Gasteiger partial charge on any atom is 0.322 e. The second-order valence-corrected chi connectivity index (χ2v) is 25.8. The van der Waals surface area contributed by atoms with Crippen LogP contribution in [0.4, 0.5) is 0 Å². The van der Waals surface area contributed by atoms with Crippen molar-refractivity contribution in [3.8, 4) is 0 Å². The van der Waals surface area contributed by atoms with Crippen LogP contribution in [0, 0.1) is 5.92 Å². The third-order valence-corrected chi connectivity index (χ3v) is 17.1. The van der Waals surface area contributed by atoms with Gasteiger partial charge in [-0.05, 0) is 119 Å². The zero-order valence-electron chi connectivity index (χ0n) is 56.5. The first-order chi connectivity index (χ1) is 47.1. The number of hydrogen-bond donors (Lipinski definition) is 16. The van der Waals surface area contributed by atoms with Gasteiger partial charge in [0.1, 0.15) is 60.9 Å². The number of carbonyl (C=O) groups excluding carboxylic acids is 13. The summed E-state index contributed by atoms with van der Waals surface area (Å²) >= 11 is 1.39. The summed E-state index contributed by atoms with van der Waals surface area (Å²) in [6, 6.07) is 3.99. The summed E-state index contributed by atoms with van der Waals surface area (Å²) in [5.74, 6) is -11.6. The van der Waals surface area contributed by atoms with Crippen molar-refractivity contribution in [1.29, 1.82) is 0 Å². The zero-order valence-corrected chi connectivity index (χ0v) is 57.3. The molecule has 99 heavy (non-hydrogen) atoms. The Balaban J connectivity index is 1.57. The molecule has 0 saturated carbocycles. The first kappa shape index (κ1) is 82.0. The molecule has 13 amide bonds. The Morgan fingerprint density at radius 1 is 0.535 bits per heavy atom. The predicted octanol–water partition coefficient (Wildman–Crippen LogP) is -4.00. The van der Waals surface area contributed by atoms with Crippen LogP contribution in [-0.2, 0) is 80.0 Å². The first-order valence-electron chi connectivity index (χ1n) is 33.3. The second kappa shape index (κ2) is 43.1. The van der Waals surface area contributed by atoms with Crippen LogP contribution in [-0.4, -0.2) is 215 Å². The molecular weight excluding hydrogens is 1300 g/mol. The minimum Gasteiger partial charge on any atom is -0.480 e. The summed E-state index contributed by atoms with van der Waals surface area (Å²) in [7, 11) is 0. The van der Waals surface area contributed by atoms with Gasteiger partial charge in [0.15, 0.2) is 5.96 Å². The van der Waals surface area contributed by atoms with E-state index in [1.54, 1.807) is 80.8 Å². The Morgan fingerprint density at radius 2 is 0.990 bits per heavy atom. The number of nitrogens with zero attached hydrogens (tertiary/aromatic N) is 3. The highest BCUT2D eigenvalue weighted by Gasteiger charge is 2.42. The number of amides is 13. The van der Waals surface area contributed by atoms with Crippen molar-refractivity contribution in [3.05, 3.63) is 71.8 Å². The van der Waals surface area contributed by atoms with Gasteiger partial charge >= 0.3 is 5.97 Å². The summed E-state index contributed by atoms with van der Waals surface area (Å²) in [5.41, 5.74) is 35.0. The number of guanidine groups is 1. The number of primary amides is 2. The summed E-state index contributed by atoms with van der Waals surface area (Å²) in [4.78, 5) is 197. The molecule has 34 heteroatoms. The van der Waals surface area contributed by atoms with E-state index < -0.39 is 182 Å². The molecule has 0 aromatic heterocycles. The fourth-order valence-corrected chi connectivity index (χ4v) is 11.8. The number of unbranched alkanes of at least 4 members (excludes halogenated alkanes) is 1. The number of carboxylic acid groups (broad SMARTS) is 1. The van der Waals surface area contributed by atoms with Crippen molar-refractivity contribution in [2.45, 2.75) is 183 Å². The molecule has 0 aliphatic carbocycles. The Kier molecular flexibility index (Phi) is 35.7. The number of aliphatic carboxylic acids is 1. The molecule has 10 atom stereocenters. The molecule has 2 aliphatic rings. The van der Waals surface area contributed by atoms with Gasteiger partial charge in [-0.15, -0.1) is 0 Å². The van der Waals surface area contributed by atoms with Gasteiger partial charge < -0.3 is 97.2 Å². The minimum absolute atomic E-state index is 0.0637. The number of nitrogens with one attached hydrogen (secondary N) is 9. The monoisotopic (exact) mass is 1400 g/mol. The number of carbonyl (C=O) groups is 14. The van der Waals surface area contributed by atoms with Crippen LogP contribution in [0.15, 0.2) is 65.7 Å². The predicted molar refractivity (Wildman–Crippen MR) is 367 cm³/mol. The molecule has 1 unspecified atom stereocenters. The van der Waals surface area contributed by atoms with E-state index in [1.165, 1.54) is 21.6 Å². The minimum atomic E-state index is -1.66. The van der Waals surface area contributed by atoms with Crippen LogP contribution < -0.4 is 82.3 Å². The third-order valence-electron chi connectivity index (χ3n) is 16.4. The summed E-state index contributed by atoms with van der Waals surface area (Å²) < 4.78 is 0. The average molecular weight is 1410 g/mol. The van der Waals surface area contributed by atoms with Crippen LogP contribution in [0.25, 0.3) is 0 Å². The van der Waals surface area contributed by atoms with Crippen LogP contribution in [0.1, 0.15) is 121 Å². The lowest BCUT2D eigenvalue weighted by Crippen LogP contribution is -2.60. The fraction of sp³-hybridized carbons (Fsp3) is 0.585. The van der Waals surface area contributed by atoms with E-state index in [0.717, 1.165) is 0 Å². The molecule has 33 nitrogen and oxygen atoms in total. The molecule has 0 spiro atoms. The number of aliphatic imine (C=N–C) groups is 1. The Hall–Kier alpha value is -9.44.